The minimum absolute atomic E-state index is 0.162. The van der Waals surface area contributed by atoms with Crippen molar-refractivity contribution in [2.45, 2.75) is 62.3 Å². The fraction of sp³-hybridized carbons (Fsp3) is 0.353. The first-order chi connectivity index (χ1) is 20.3. The van der Waals surface area contributed by atoms with Gasteiger partial charge in [0.1, 0.15) is 0 Å². The predicted molar refractivity (Wildman–Crippen MR) is 165 cm³/mol. The summed E-state index contributed by atoms with van der Waals surface area (Å²) in [4.78, 5) is 18.0. The Bertz CT molecular complexity index is 1750. The quantitative estimate of drug-likeness (QED) is 0.244. The molecule has 0 spiro atoms. The molecule has 4 bridgehead atoms. The predicted octanol–water partition coefficient (Wildman–Crippen LogP) is 6.17. The van der Waals surface area contributed by atoms with Crippen molar-refractivity contribution in [3.8, 4) is 5.69 Å². The molecule has 4 aromatic rings. The second-order valence-corrected chi connectivity index (χ2v) is 14.4. The lowest BCUT2D eigenvalue weighted by Crippen LogP contribution is -2.48. The third kappa shape index (κ3) is 5.07. The molecule has 3 aromatic carbocycles. The van der Waals surface area contributed by atoms with Crippen molar-refractivity contribution in [2.75, 3.05) is 0 Å². The van der Waals surface area contributed by atoms with Crippen LogP contribution in [0.2, 0.25) is 0 Å². The van der Waals surface area contributed by atoms with Crippen molar-refractivity contribution in [1.29, 1.82) is 0 Å². The first-order valence-electron chi connectivity index (χ1n) is 14.9. The minimum atomic E-state index is -3.66. The maximum Gasteiger partial charge on any atom is 0.280 e. The Morgan fingerprint density at radius 2 is 1.52 bits per heavy atom. The van der Waals surface area contributed by atoms with Gasteiger partial charge in [0.15, 0.2) is 0 Å². The smallest absolute Gasteiger partial charge is 0.280 e. The molecule has 0 radical (unpaired) electrons. The zero-order valence-electron chi connectivity index (χ0n) is 23.8. The van der Waals surface area contributed by atoms with E-state index in [0.717, 1.165) is 34.7 Å². The summed E-state index contributed by atoms with van der Waals surface area (Å²) in [7, 11) is -3.66. The number of hydrogen-bond donors (Lipinski definition) is 2. The van der Waals surface area contributed by atoms with Gasteiger partial charge in [-0.25, -0.2) is 17.8 Å². The van der Waals surface area contributed by atoms with Crippen LogP contribution >= 0.6 is 0 Å². The van der Waals surface area contributed by atoms with E-state index in [1.54, 1.807) is 23.0 Å². The van der Waals surface area contributed by atoms with Crippen LogP contribution in [0.1, 0.15) is 60.9 Å². The Labute approximate surface area is 246 Å². The van der Waals surface area contributed by atoms with Gasteiger partial charge in [0.2, 0.25) is 10.0 Å². The van der Waals surface area contributed by atoms with Crippen LogP contribution in [-0.2, 0) is 22.0 Å². The van der Waals surface area contributed by atoms with Crippen molar-refractivity contribution in [2.24, 2.45) is 22.7 Å². The molecule has 216 valence electrons. The number of aliphatic imine (C=N–C) groups is 1. The number of nitrogens with zero attached hydrogens (tertiary/aromatic N) is 2. The molecule has 4 aliphatic carbocycles. The van der Waals surface area contributed by atoms with Gasteiger partial charge in [-0.15, -0.1) is 0 Å². The van der Waals surface area contributed by atoms with E-state index in [1.165, 1.54) is 56.2 Å². The molecule has 7 nitrogen and oxygen atoms in total. The molecule has 1 heterocycles. The van der Waals surface area contributed by atoms with Crippen LogP contribution in [0.5, 0.6) is 0 Å². The van der Waals surface area contributed by atoms with Gasteiger partial charge in [-0.05, 0) is 116 Å². The van der Waals surface area contributed by atoms with Gasteiger partial charge < -0.3 is 0 Å². The minimum Gasteiger partial charge on any atom is -0.295 e. The van der Waals surface area contributed by atoms with E-state index in [-0.39, 0.29) is 17.0 Å². The fourth-order valence-electron chi connectivity index (χ4n) is 8.03. The maximum absolute atomic E-state index is 13.3. The van der Waals surface area contributed by atoms with E-state index >= 15 is 0 Å². The van der Waals surface area contributed by atoms with Gasteiger partial charge in [0.05, 0.1) is 21.8 Å². The van der Waals surface area contributed by atoms with Gasteiger partial charge in [-0.3, -0.25) is 14.9 Å². The Balaban J connectivity index is 1.05. The summed E-state index contributed by atoms with van der Waals surface area (Å²) in [6.45, 7) is 2.07. The normalized spacial score (nSPS) is 24.9. The Morgan fingerprint density at radius 1 is 0.905 bits per heavy atom. The second-order valence-electron chi connectivity index (χ2n) is 12.6. The van der Waals surface area contributed by atoms with Gasteiger partial charge >= 0.3 is 0 Å². The average molecular weight is 581 g/mol. The summed E-state index contributed by atoms with van der Waals surface area (Å²) < 4.78 is 29.6. The van der Waals surface area contributed by atoms with Crippen molar-refractivity contribution in [3.63, 3.8) is 0 Å². The summed E-state index contributed by atoms with van der Waals surface area (Å²) in [6, 6.07) is 24.3. The summed E-state index contributed by atoms with van der Waals surface area (Å²) >= 11 is 0. The molecule has 4 saturated carbocycles. The third-order valence-electron chi connectivity index (χ3n) is 9.69. The van der Waals surface area contributed by atoms with E-state index in [4.69, 9.17) is 0 Å². The average Bonchev–Trinajstić information content (AvgIpc) is 3.27. The lowest BCUT2D eigenvalue weighted by molar-refractivity contribution is -0.00518. The van der Waals surface area contributed by atoms with Crippen LogP contribution in [0, 0.1) is 24.7 Å². The first kappa shape index (κ1) is 27.1. The van der Waals surface area contributed by atoms with Crippen LogP contribution in [0.25, 0.3) is 5.69 Å². The number of sulfonamides is 1. The molecule has 42 heavy (non-hydrogen) atoms. The molecule has 4 fully saturated rings. The number of hydrogen-bond acceptors (Lipinski definition) is 4. The largest absolute Gasteiger partial charge is 0.295 e. The van der Waals surface area contributed by atoms with E-state index in [2.05, 4.69) is 39.1 Å². The van der Waals surface area contributed by atoms with E-state index in [0.29, 0.717) is 16.7 Å². The van der Waals surface area contributed by atoms with E-state index in [9.17, 15) is 13.2 Å². The first-order valence-corrected chi connectivity index (χ1v) is 16.4. The monoisotopic (exact) mass is 580 g/mol. The van der Waals surface area contributed by atoms with Crippen molar-refractivity contribution in [3.05, 3.63) is 112 Å². The molecule has 0 unspecified atom stereocenters. The van der Waals surface area contributed by atoms with E-state index < -0.39 is 10.0 Å². The zero-order chi connectivity index (χ0) is 28.9. The van der Waals surface area contributed by atoms with Crippen LogP contribution < -0.4 is 10.3 Å². The number of aromatic amines is 1. The number of H-pyrrole nitrogens is 1. The molecular formula is C34H36N4O3S. The number of nitrogens with one attached hydrogen (secondary N) is 2. The zero-order valence-corrected chi connectivity index (χ0v) is 24.6. The second kappa shape index (κ2) is 10.5. The topological polar surface area (TPSA) is 96.3 Å². The number of aryl methyl sites for hydroxylation is 1. The Hall–Kier alpha value is -3.75. The van der Waals surface area contributed by atoms with Gasteiger partial charge in [0, 0.05) is 18.5 Å². The molecule has 8 rings (SSSR count). The lowest BCUT2D eigenvalue weighted by Gasteiger charge is -2.57. The number of rotatable bonds is 8. The molecule has 0 amide bonds. The number of aromatic nitrogens is 2. The third-order valence-corrected chi connectivity index (χ3v) is 11.1. The summed E-state index contributed by atoms with van der Waals surface area (Å²) in [5, 5.41) is 3.20. The van der Waals surface area contributed by atoms with Crippen molar-refractivity contribution in [1.82, 2.24) is 14.5 Å². The molecule has 0 atom stereocenters. The van der Waals surface area contributed by atoms with Gasteiger partial charge in [0.25, 0.3) is 5.56 Å². The molecule has 2 N–H and O–H groups in total. The number of benzene rings is 3. The van der Waals surface area contributed by atoms with Crippen LogP contribution in [0.15, 0.2) is 93.5 Å². The summed E-state index contributed by atoms with van der Waals surface area (Å²) in [5.41, 5.74) is 5.05. The van der Waals surface area contributed by atoms with Gasteiger partial charge in [-0.1, -0.05) is 42.5 Å². The lowest BCUT2D eigenvalue weighted by atomic mass is 9.48. The molecule has 1 aromatic heterocycles. The molecule has 0 saturated heterocycles. The SMILES string of the molecule is Cc1[nH]n(-c2ccc(C34CC5CC(CC(C5)C3)C4)cc2)c(=O)c1C=Nc1ccc(S(=O)(=O)NCc2ccccc2)cc1. The summed E-state index contributed by atoms with van der Waals surface area (Å²) in [6.07, 6.45) is 9.77. The highest BCUT2D eigenvalue weighted by atomic mass is 32.2. The highest BCUT2D eigenvalue weighted by Crippen LogP contribution is 2.60. The fourth-order valence-corrected chi connectivity index (χ4v) is 9.05. The Morgan fingerprint density at radius 3 is 2.14 bits per heavy atom. The molecule has 8 heteroatoms. The highest BCUT2D eigenvalue weighted by molar-refractivity contribution is 7.89. The van der Waals surface area contributed by atoms with E-state index in [1.807, 2.05) is 37.3 Å². The molecule has 4 aliphatic rings. The Kier molecular flexibility index (Phi) is 6.78. The van der Waals surface area contributed by atoms with Crippen LogP contribution in [-0.4, -0.2) is 24.4 Å². The molecule has 0 aliphatic heterocycles. The highest BCUT2D eigenvalue weighted by Gasteiger charge is 2.51. The van der Waals surface area contributed by atoms with Crippen molar-refractivity contribution >= 4 is 21.9 Å². The van der Waals surface area contributed by atoms with Crippen molar-refractivity contribution < 1.29 is 8.42 Å². The van der Waals surface area contributed by atoms with Crippen LogP contribution in [0.3, 0.4) is 0 Å². The molecular weight excluding hydrogens is 544 g/mol. The maximum atomic E-state index is 13.3. The standard InChI is InChI=1S/C34H36N4O3S/c1-23-32(22-35-29-9-13-31(14-10-29)42(40,41)36-21-24-5-3-2-4-6-24)33(39)38(37-23)30-11-7-28(8-12-30)34-18-25-15-26(19-34)17-27(16-25)20-34/h2-14,22,25-27,36-37H,15-21H2,1H3. The summed E-state index contributed by atoms with van der Waals surface area (Å²) in [5.74, 6) is 2.68. The van der Waals surface area contributed by atoms with Gasteiger partial charge in [-0.2, -0.15) is 0 Å². The van der Waals surface area contributed by atoms with Crippen LogP contribution in [0.4, 0.5) is 5.69 Å².